The van der Waals surface area contributed by atoms with Crippen LogP contribution in [0.1, 0.15) is 25.1 Å². The third kappa shape index (κ3) is 3.29. The van der Waals surface area contributed by atoms with Gasteiger partial charge < -0.3 is 4.98 Å². The molecule has 96 valence electrons. The Morgan fingerprint density at radius 1 is 1.59 bits per heavy atom. The molecule has 5 nitrogen and oxygen atoms in total. The number of imidazole rings is 1. The van der Waals surface area contributed by atoms with Crippen LogP contribution in [0.15, 0.2) is 11.2 Å². The number of aromatic amines is 1. The zero-order valence-corrected chi connectivity index (χ0v) is 12.0. The van der Waals surface area contributed by atoms with E-state index in [1.165, 1.54) is 6.20 Å². The van der Waals surface area contributed by atoms with Crippen molar-refractivity contribution in [2.45, 2.75) is 36.0 Å². The standard InChI is InChI=1S/C10H16BrN3O2S/c1-7-12-6-10(14-7)17(15,16)13-5-8-2-3-9(11)4-8/h6,8-9,13H,2-5H2,1H3,(H,12,14). The molecule has 1 fully saturated rings. The molecule has 1 heterocycles. The summed E-state index contributed by atoms with van der Waals surface area (Å²) in [5.41, 5.74) is 0. The van der Waals surface area contributed by atoms with Crippen molar-refractivity contribution in [3.63, 3.8) is 0 Å². The van der Waals surface area contributed by atoms with Crippen LogP contribution in [0.5, 0.6) is 0 Å². The fraction of sp³-hybridized carbons (Fsp3) is 0.700. The highest BCUT2D eigenvalue weighted by molar-refractivity contribution is 9.09. The maximum absolute atomic E-state index is 11.9. The van der Waals surface area contributed by atoms with E-state index < -0.39 is 10.0 Å². The van der Waals surface area contributed by atoms with Gasteiger partial charge in [-0.1, -0.05) is 15.9 Å². The van der Waals surface area contributed by atoms with E-state index >= 15 is 0 Å². The number of hydrogen-bond acceptors (Lipinski definition) is 3. The molecule has 17 heavy (non-hydrogen) atoms. The number of halogens is 1. The average Bonchev–Trinajstić information content (AvgIpc) is 2.85. The van der Waals surface area contributed by atoms with E-state index in [2.05, 4.69) is 30.6 Å². The van der Waals surface area contributed by atoms with Crippen molar-refractivity contribution in [1.29, 1.82) is 0 Å². The predicted molar refractivity (Wildman–Crippen MR) is 68.6 cm³/mol. The molecule has 0 aliphatic heterocycles. The lowest BCUT2D eigenvalue weighted by atomic mass is 10.1. The van der Waals surface area contributed by atoms with Gasteiger partial charge in [0.1, 0.15) is 5.82 Å². The van der Waals surface area contributed by atoms with Crippen molar-refractivity contribution < 1.29 is 8.42 Å². The molecule has 2 atom stereocenters. The molecule has 1 saturated carbocycles. The van der Waals surface area contributed by atoms with Gasteiger partial charge in [-0.2, -0.15) is 0 Å². The van der Waals surface area contributed by atoms with Crippen LogP contribution in [0.3, 0.4) is 0 Å². The summed E-state index contributed by atoms with van der Waals surface area (Å²) < 4.78 is 26.4. The third-order valence-corrected chi connectivity index (χ3v) is 5.17. The van der Waals surface area contributed by atoms with Crippen molar-refractivity contribution in [1.82, 2.24) is 14.7 Å². The first-order valence-corrected chi connectivity index (χ1v) is 8.02. The predicted octanol–water partition coefficient (Wildman–Crippen LogP) is 1.56. The number of rotatable bonds is 4. The van der Waals surface area contributed by atoms with Gasteiger partial charge in [0.15, 0.2) is 5.03 Å². The van der Waals surface area contributed by atoms with Crippen LogP contribution in [0.2, 0.25) is 0 Å². The summed E-state index contributed by atoms with van der Waals surface area (Å²) in [5, 5.41) is 0.142. The molecule has 2 rings (SSSR count). The largest absolute Gasteiger partial charge is 0.332 e. The smallest absolute Gasteiger partial charge is 0.257 e. The zero-order chi connectivity index (χ0) is 12.5. The average molecular weight is 322 g/mol. The third-order valence-electron chi connectivity index (χ3n) is 3.01. The van der Waals surface area contributed by atoms with Crippen LogP contribution in [-0.2, 0) is 10.0 Å². The SMILES string of the molecule is Cc1ncc(S(=O)(=O)NCC2CCC(Br)C2)[nH]1. The molecule has 0 spiro atoms. The topological polar surface area (TPSA) is 74.8 Å². The van der Waals surface area contributed by atoms with Crippen molar-refractivity contribution in [3.8, 4) is 0 Å². The normalized spacial score (nSPS) is 25.3. The van der Waals surface area contributed by atoms with Crippen LogP contribution in [0, 0.1) is 12.8 Å². The second kappa shape index (κ2) is 5.07. The van der Waals surface area contributed by atoms with Crippen molar-refractivity contribution in [2.24, 2.45) is 5.92 Å². The van der Waals surface area contributed by atoms with Gasteiger partial charge in [-0.3, -0.25) is 0 Å². The molecule has 7 heteroatoms. The second-order valence-electron chi connectivity index (χ2n) is 4.46. The highest BCUT2D eigenvalue weighted by Gasteiger charge is 2.25. The molecule has 0 bridgehead atoms. The molecular formula is C10H16BrN3O2S. The van der Waals surface area contributed by atoms with Gasteiger partial charge in [-0.05, 0) is 32.1 Å². The van der Waals surface area contributed by atoms with E-state index in [0.29, 0.717) is 23.1 Å². The molecule has 1 aliphatic carbocycles. The van der Waals surface area contributed by atoms with Gasteiger partial charge in [-0.25, -0.2) is 18.1 Å². The van der Waals surface area contributed by atoms with Crippen molar-refractivity contribution in [2.75, 3.05) is 6.54 Å². The summed E-state index contributed by atoms with van der Waals surface area (Å²) in [4.78, 5) is 7.16. The Balaban J connectivity index is 1.94. The molecule has 0 saturated heterocycles. The number of sulfonamides is 1. The molecular weight excluding hydrogens is 306 g/mol. The number of nitrogens with zero attached hydrogens (tertiary/aromatic N) is 1. The van der Waals surface area contributed by atoms with Crippen LogP contribution in [0.4, 0.5) is 0 Å². The van der Waals surface area contributed by atoms with Crippen LogP contribution in [-0.4, -0.2) is 29.8 Å². The van der Waals surface area contributed by atoms with Crippen LogP contribution >= 0.6 is 15.9 Å². The highest BCUT2D eigenvalue weighted by atomic mass is 79.9. The van der Waals surface area contributed by atoms with Gasteiger partial charge in [0.05, 0.1) is 6.20 Å². The molecule has 0 aromatic carbocycles. The fourth-order valence-corrected chi connectivity index (χ4v) is 3.92. The first kappa shape index (κ1) is 13.0. The molecule has 0 amide bonds. The Bertz CT molecular complexity index is 485. The molecule has 1 aromatic rings. The Hall–Kier alpha value is -0.400. The lowest BCUT2D eigenvalue weighted by Gasteiger charge is -2.10. The van der Waals surface area contributed by atoms with Crippen LogP contribution in [0.25, 0.3) is 0 Å². The zero-order valence-electron chi connectivity index (χ0n) is 9.61. The Labute approximate surface area is 110 Å². The monoisotopic (exact) mass is 321 g/mol. The minimum atomic E-state index is -3.43. The summed E-state index contributed by atoms with van der Waals surface area (Å²) in [6.07, 6.45) is 4.57. The van der Waals surface area contributed by atoms with E-state index in [4.69, 9.17) is 0 Å². The number of alkyl halides is 1. The number of aromatic nitrogens is 2. The number of hydrogen-bond donors (Lipinski definition) is 2. The summed E-state index contributed by atoms with van der Waals surface area (Å²) in [6.45, 7) is 2.23. The summed E-state index contributed by atoms with van der Waals surface area (Å²) in [6, 6.07) is 0. The van der Waals surface area contributed by atoms with Gasteiger partial charge in [0, 0.05) is 11.4 Å². The molecule has 2 unspecified atom stereocenters. The minimum Gasteiger partial charge on any atom is -0.332 e. The van der Waals surface area contributed by atoms with E-state index in [1.54, 1.807) is 6.92 Å². The molecule has 1 aromatic heterocycles. The lowest BCUT2D eigenvalue weighted by Crippen LogP contribution is -2.29. The molecule has 2 N–H and O–H groups in total. The Morgan fingerprint density at radius 2 is 2.35 bits per heavy atom. The Kier molecular flexibility index (Phi) is 3.89. The lowest BCUT2D eigenvalue weighted by molar-refractivity contribution is 0.519. The Morgan fingerprint density at radius 3 is 2.88 bits per heavy atom. The minimum absolute atomic E-state index is 0.142. The quantitative estimate of drug-likeness (QED) is 0.826. The molecule has 1 aliphatic rings. The molecule has 0 radical (unpaired) electrons. The van der Waals surface area contributed by atoms with E-state index in [-0.39, 0.29) is 5.03 Å². The fourth-order valence-electron chi connectivity index (χ4n) is 2.04. The number of H-pyrrole nitrogens is 1. The first-order chi connectivity index (χ1) is 7.97. The van der Waals surface area contributed by atoms with Crippen LogP contribution < -0.4 is 4.72 Å². The van der Waals surface area contributed by atoms with Crippen molar-refractivity contribution >= 4 is 26.0 Å². The van der Waals surface area contributed by atoms with E-state index in [0.717, 1.165) is 19.3 Å². The van der Waals surface area contributed by atoms with Gasteiger partial charge in [0.25, 0.3) is 10.0 Å². The first-order valence-electron chi connectivity index (χ1n) is 5.63. The van der Waals surface area contributed by atoms with Gasteiger partial charge in [-0.15, -0.1) is 0 Å². The summed E-state index contributed by atoms with van der Waals surface area (Å²) in [7, 11) is -3.43. The van der Waals surface area contributed by atoms with E-state index in [9.17, 15) is 8.42 Å². The van der Waals surface area contributed by atoms with E-state index in [1.807, 2.05) is 0 Å². The summed E-state index contributed by atoms with van der Waals surface area (Å²) >= 11 is 3.55. The van der Waals surface area contributed by atoms with Crippen molar-refractivity contribution in [3.05, 3.63) is 12.0 Å². The van der Waals surface area contributed by atoms with Gasteiger partial charge in [0.2, 0.25) is 0 Å². The van der Waals surface area contributed by atoms with Gasteiger partial charge >= 0.3 is 0 Å². The maximum Gasteiger partial charge on any atom is 0.257 e. The maximum atomic E-state index is 11.9. The number of nitrogens with one attached hydrogen (secondary N) is 2. The highest BCUT2D eigenvalue weighted by Crippen LogP contribution is 2.30. The summed E-state index contributed by atoms with van der Waals surface area (Å²) in [5.74, 6) is 1.03. The number of aryl methyl sites for hydroxylation is 1. The second-order valence-corrected chi connectivity index (χ2v) is 7.49.